The van der Waals surface area contributed by atoms with Crippen LogP contribution in [0.1, 0.15) is 12.0 Å². The fraction of sp³-hybridized carbons (Fsp3) is 0.364. The fourth-order valence-corrected chi connectivity index (χ4v) is 3.40. The van der Waals surface area contributed by atoms with E-state index in [4.69, 9.17) is 11.6 Å². The highest BCUT2D eigenvalue weighted by atomic mass is 35.5. The molecule has 16 heavy (non-hydrogen) atoms. The van der Waals surface area contributed by atoms with E-state index in [1.807, 2.05) is 12.1 Å². The molecule has 1 atom stereocenters. The largest absolute Gasteiger partial charge is 0.288 e. The minimum absolute atomic E-state index is 0.0827. The Kier molecular flexibility index (Phi) is 3.30. The van der Waals surface area contributed by atoms with Gasteiger partial charge in [-0.15, -0.1) is 0 Å². The van der Waals surface area contributed by atoms with Gasteiger partial charge < -0.3 is 0 Å². The molecule has 0 radical (unpaired) electrons. The van der Waals surface area contributed by atoms with Crippen molar-refractivity contribution in [3.05, 3.63) is 34.9 Å². The van der Waals surface area contributed by atoms with Crippen molar-refractivity contribution in [1.29, 1.82) is 0 Å². The second kappa shape index (κ2) is 4.55. The summed E-state index contributed by atoms with van der Waals surface area (Å²) in [6, 6.07) is 7.20. The number of hydrogen-bond acceptors (Lipinski definition) is 3. The fourth-order valence-electron chi connectivity index (χ4n) is 1.63. The molecule has 86 valence electrons. The van der Waals surface area contributed by atoms with Crippen LogP contribution in [0, 0.1) is 0 Å². The lowest BCUT2D eigenvalue weighted by Crippen LogP contribution is -2.07. The molecule has 1 saturated heterocycles. The lowest BCUT2D eigenvalue weighted by molar-refractivity contribution is 0.601. The number of aliphatic imine (C=N–C) groups is 1. The maximum atomic E-state index is 11.2. The quantitative estimate of drug-likeness (QED) is 0.761. The first kappa shape index (κ1) is 11.6. The predicted molar refractivity (Wildman–Crippen MR) is 66.1 cm³/mol. The molecule has 1 aliphatic rings. The molecule has 0 aliphatic carbocycles. The zero-order valence-corrected chi connectivity index (χ0v) is 10.2. The van der Waals surface area contributed by atoms with Crippen LogP contribution in [-0.2, 0) is 9.84 Å². The smallest absolute Gasteiger partial charge is 0.152 e. The summed E-state index contributed by atoms with van der Waals surface area (Å²) in [5, 5.41) is 0.681. The van der Waals surface area contributed by atoms with Crippen molar-refractivity contribution < 1.29 is 8.42 Å². The Balaban J connectivity index is 2.03. The first-order valence-corrected chi connectivity index (χ1v) is 7.24. The molecule has 0 N–H and O–H groups in total. The molecule has 0 aromatic heterocycles. The molecule has 0 saturated carbocycles. The summed E-state index contributed by atoms with van der Waals surface area (Å²) >= 11 is 5.75. The Morgan fingerprint density at radius 1 is 1.31 bits per heavy atom. The Bertz CT molecular complexity index is 493. The third kappa shape index (κ3) is 3.06. The highest BCUT2D eigenvalue weighted by Gasteiger charge is 2.26. The van der Waals surface area contributed by atoms with Crippen molar-refractivity contribution in [3.63, 3.8) is 0 Å². The van der Waals surface area contributed by atoms with Gasteiger partial charge in [-0.05, 0) is 24.1 Å². The zero-order valence-electron chi connectivity index (χ0n) is 8.64. The third-order valence-corrected chi connectivity index (χ3v) is 4.52. The van der Waals surface area contributed by atoms with E-state index in [1.54, 1.807) is 18.3 Å². The number of halogens is 1. The third-order valence-electron chi connectivity index (χ3n) is 2.51. The molecule has 0 unspecified atom stereocenters. The van der Waals surface area contributed by atoms with Crippen LogP contribution in [0.2, 0.25) is 5.02 Å². The van der Waals surface area contributed by atoms with Crippen LogP contribution < -0.4 is 0 Å². The standard InChI is InChI=1S/C11H12ClNO2S/c12-10-3-1-9(2-4-10)7-13-11-5-6-16(14,15)8-11/h1-4,7,11H,5-6,8H2/t11-/m0/s1. The Hall–Kier alpha value is -0.870. The number of benzene rings is 1. The highest BCUT2D eigenvalue weighted by molar-refractivity contribution is 7.91. The van der Waals surface area contributed by atoms with Crippen LogP contribution in [0.5, 0.6) is 0 Å². The van der Waals surface area contributed by atoms with Gasteiger partial charge in [-0.2, -0.15) is 0 Å². The van der Waals surface area contributed by atoms with Crippen LogP contribution in [0.25, 0.3) is 0 Å². The van der Waals surface area contributed by atoms with E-state index in [9.17, 15) is 8.42 Å². The van der Waals surface area contributed by atoms with Crippen molar-refractivity contribution in [2.75, 3.05) is 11.5 Å². The second-order valence-corrected chi connectivity index (χ2v) is 6.55. The molecule has 0 bridgehead atoms. The Morgan fingerprint density at radius 2 is 2.00 bits per heavy atom. The number of sulfone groups is 1. The second-order valence-electron chi connectivity index (χ2n) is 3.89. The van der Waals surface area contributed by atoms with Crippen molar-refractivity contribution in [3.8, 4) is 0 Å². The number of hydrogen-bond donors (Lipinski definition) is 0. The minimum atomic E-state index is -2.84. The van der Waals surface area contributed by atoms with Gasteiger partial charge in [0, 0.05) is 11.2 Å². The van der Waals surface area contributed by atoms with E-state index in [0.29, 0.717) is 11.4 Å². The molecule has 0 amide bonds. The molecular formula is C11H12ClNO2S. The maximum Gasteiger partial charge on any atom is 0.152 e. The first-order valence-electron chi connectivity index (χ1n) is 5.04. The van der Waals surface area contributed by atoms with Crippen LogP contribution in [-0.4, -0.2) is 32.2 Å². The van der Waals surface area contributed by atoms with Gasteiger partial charge in [-0.1, -0.05) is 23.7 Å². The normalized spacial score (nSPS) is 23.9. The summed E-state index contributed by atoms with van der Waals surface area (Å²) in [4.78, 5) is 4.27. The van der Waals surface area contributed by atoms with E-state index in [-0.39, 0.29) is 17.5 Å². The summed E-state index contributed by atoms with van der Waals surface area (Å²) in [6.45, 7) is 0. The molecule has 0 spiro atoms. The highest BCUT2D eigenvalue weighted by Crippen LogP contribution is 2.15. The SMILES string of the molecule is O=S1(=O)CC[C@H](N=Cc2ccc(Cl)cc2)C1. The molecule has 1 aromatic rings. The number of rotatable bonds is 2. The molecule has 2 rings (SSSR count). The lowest BCUT2D eigenvalue weighted by Gasteiger charge is -1.99. The van der Waals surface area contributed by atoms with Gasteiger partial charge >= 0.3 is 0 Å². The molecule has 1 heterocycles. The average molecular weight is 258 g/mol. The van der Waals surface area contributed by atoms with E-state index >= 15 is 0 Å². The van der Waals surface area contributed by atoms with Crippen LogP contribution in [0.4, 0.5) is 0 Å². The van der Waals surface area contributed by atoms with Crippen LogP contribution in [0.3, 0.4) is 0 Å². The first-order chi connectivity index (χ1) is 7.55. The minimum Gasteiger partial charge on any atom is -0.288 e. The summed E-state index contributed by atoms with van der Waals surface area (Å²) in [5.41, 5.74) is 0.939. The average Bonchev–Trinajstić information content (AvgIpc) is 2.58. The van der Waals surface area contributed by atoms with E-state index in [2.05, 4.69) is 4.99 Å². The van der Waals surface area contributed by atoms with Crippen molar-refractivity contribution in [2.45, 2.75) is 12.5 Å². The molecule has 1 aliphatic heterocycles. The molecule has 1 fully saturated rings. The van der Waals surface area contributed by atoms with E-state index in [0.717, 1.165) is 5.56 Å². The number of nitrogens with zero attached hydrogens (tertiary/aromatic N) is 1. The maximum absolute atomic E-state index is 11.2. The van der Waals surface area contributed by atoms with E-state index in [1.165, 1.54) is 0 Å². The van der Waals surface area contributed by atoms with Crippen molar-refractivity contribution >= 4 is 27.7 Å². The zero-order chi connectivity index (χ0) is 11.6. The lowest BCUT2D eigenvalue weighted by atomic mass is 10.2. The van der Waals surface area contributed by atoms with Gasteiger partial charge in [0.1, 0.15) is 0 Å². The molecule has 3 nitrogen and oxygen atoms in total. The topological polar surface area (TPSA) is 46.5 Å². The van der Waals surface area contributed by atoms with Crippen LogP contribution >= 0.6 is 11.6 Å². The van der Waals surface area contributed by atoms with Crippen molar-refractivity contribution in [1.82, 2.24) is 0 Å². The summed E-state index contributed by atoms with van der Waals surface area (Å²) in [7, 11) is -2.84. The van der Waals surface area contributed by atoms with Gasteiger partial charge in [0.15, 0.2) is 9.84 Å². The van der Waals surface area contributed by atoms with Gasteiger partial charge in [-0.3, -0.25) is 4.99 Å². The summed E-state index contributed by atoms with van der Waals surface area (Å²) < 4.78 is 22.4. The van der Waals surface area contributed by atoms with E-state index < -0.39 is 9.84 Å². The summed E-state index contributed by atoms with van der Waals surface area (Å²) in [5.74, 6) is 0.437. The Labute approximate surface area is 100 Å². The van der Waals surface area contributed by atoms with Crippen molar-refractivity contribution in [2.24, 2.45) is 4.99 Å². The van der Waals surface area contributed by atoms with Crippen LogP contribution in [0.15, 0.2) is 29.3 Å². The molecule has 1 aromatic carbocycles. The predicted octanol–water partition coefficient (Wildman–Crippen LogP) is 1.95. The Morgan fingerprint density at radius 3 is 2.56 bits per heavy atom. The van der Waals surface area contributed by atoms with Gasteiger partial charge in [0.25, 0.3) is 0 Å². The summed E-state index contributed by atoms with van der Waals surface area (Å²) in [6.07, 6.45) is 2.34. The molecule has 5 heteroatoms. The monoisotopic (exact) mass is 257 g/mol. The van der Waals surface area contributed by atoms with Gasteiger partial charge in [0.05, 0.1) is 17.5 Å². The van der Waals surface area contributed by atoms with Gasteiger partial charge in [-0.25, -0.2) is 8.42 Å². The van der Waals surface area contributed by atoms with Gasteiger partial charge in [0.2, 0.25) is 0 Å². The molecular weight excluding hydrogens is 246 g/mol.